The van der Waals surface area contributed by atoms with Gasteiger partial charge in [0.15, 0.2) is 11.6 Å². The van der Waals surface area contributed by atoms with Gasteiger partial charge in [-0.2, -0.15) is 26.3 Å². The van der Waals surface area contributed by atoms with Crippen molar-refractivity contribution in [1.82, 2.24) is 10.6 Å². The van der Waals surface area contributed by atoms with Crippen LogP contribution in [0.15, 0.2) is 66.7 Å². The molecule has 1 aliphatic carbocycles. The van der Waals surface area contributed by atoms with Gasteiger partial charge in [0, 0.05) is 6.42 Å². The van der Waals surface area contributed by atoms with Gasteiger partial charge in [0.05, 0.1) is 17.2 Å². The second-order valence-corrected chi connectivity index (χ2v) is 10.3. The number of urea groups is 1. The van der Waals surface area contributed by atoms with Crippen LogP contribution in [0.25, 0.3) is 0 Å². The van der Waals surface area contributed by atoms with Gasteiger partial charge < -0.3 is 15.4 Å². The summed E-state index contributed by atoms with van der Waals surface area (Å²) in [4.78, 5) is 13.3. The Bertz CT molecular complexity index is 1400. The van der Waals surface area contributed by atoms with Crippen molar-refractivity contribution in [2.45, 2.75) is 62.6 Å². The van der Waals surface area contributed by atoms with Gasteiger partial charge in [-0.15, -0.1) is 0 Å². The number of alkyl halides is 6. The zero-order valence-electron chi connectivity index (χ0n) is 21.9. The second-order valence-electron chi connectivity index (χ2n) is 10.3. The Labute approximate surface area is 230 Å². The highest BCUT2D eigenvalue weighted by Crippen LogP contribution is 2.49. The standard InChI is InChI=1S/C29H26F8N2O2/c1-17(2)41-24-15-19(8-9-23(24)31)27(16-18-6-4-3-5-7-18,20-12-21(28(32,33)34)14-22(30)13-20)39-25(40)38-26(10-11-26)29(35,36)37/h3-9,12-15,17H,10-11,16H2,1-2H3,(H2,38,39,40)/t27-/m1/s1. The molecule has 0 aliphatic heterocycles. The van der Waals surface area contributed by atoms with Crippen LogP contribution in [0.1, 0.15) is 48.9 Å². The van der Waals surface area contributed by atoms with E-state index in [1.165, 1.54) is 0 Å². The lowest BCUT2D eigenvalue weighted by molar-refractivity contribution is -0.162. The number of carbonyl (C=O) groups excluding carboxylic acids is 1. The molecule has 41 heavy (non-hydrogen) atoms. The monoisotopic (exact) mass is 586 g/mol. The number of halogens is 8. The molecule has 1 fully saturated rings. The predicted molar refractivity (Wildman–Crippen MR) is 134 cm³/mol. The third-order valence-corrected chi connectivity index (χ3v) is 6.79. The molecule has 0 spiro atoms. The lowest BCUT2D eigenvalue weighted by atomic mass is 9.77. The van der Waals surface area contributed by atoms with E-state index in [1.807, 2.05) is 5.32 Å². The average molecular weight is 587 g/mol. The molecule has 12 heteroatoms. The zero-order chi connectivity index (χ0) is 30.2. The molecule has 0 saturated heterocycles. The van der Waals surface area contributed by atoms with Crippen molar-refractivity contribution in [2.24, 2.45) is 0 Å². The molecule has 2 amide bonds. The van der Waals surface area contributed by atoms with E-state index < -0.39 is 71.2 Å². The van der Waals surface area contributed by atoms with Crippen LogP contribution in [0, 0.1) is 11.6 Å². The first-order chi connectivity index (χ1) is 19.0. The third kappa shape index (κ3) is 6.57. The van der Waals surface area contributed by atoms with Gasteiger partial charge in [-0.25, -0.2) is 13.6 Å². The van der Waals surface area contributed by atoms with Crippen molar-refractivity contribution in [3.8, 4) is 5.75 Å². The highest BCUT2D eigenvalue weighted by atomic mass is 19.4. The van der Waals surface area contributed by atoms with E-state index in [1.54, 1.807) is 44.2 Å². The lowest BCUT2D eigenvalue weighted by Gasteiger charge is -2.38. The summed E-state index contributed by atoms with van der Waals surface area (Å²) in [7, 11) is 0. The molecule has 4 nitrogen and oxygen atoms in total. The quantitative estimate of drug-likeness (QED) is 0.267. The number of benzene rings is 3. The van der Waals surface area contributed by atoms with Gasteiger partial charge in [0.25, 0.3) is 0 Å². The van der Waals surface area contributed by atoms with Crippen LogP contribution in [0.2, 0.25) is 0 Å². The first-order valence-electron chi connectivity index (χ1n) is 12.6. The summed E-state index contributed by atoms with van der Waals surface area (Å²) in [5, 5.41) is 4.33. The predicted octanol–water partition coefficient (Wildman–Crippen LogP) is 7.65. The fraction of sp³-hybridized carbons (Fsp3) is 0.345. The number of hydrogen-bond donors (Lipinski definition) is 2. The molecule has 1 aliphatic rings. The smallest absolute Gasteiger partial charge is 0.416 e. The molecule has 0 radical (unpaired) electrons. The summed E-state index contributed by atoms with van der Waals surface area (Å²) in [6.07, 6.45) is -11.4. The Morgan fingerprint density at radius 3 is 2.07 bits per heavy atom. The van der Waals surface area contributed by atoms with Gasteiger partial charge in [-0.1, -0.05) is 36.4 Å². The summed E-state index contributed by atoms with van der Waals surface area (Å²) < 4.78 is 117. The Morgan fingerprint density at radius 2 is 1.51 bits per heavy atom. The fourth-order valence-electron chi connectivity index (χ4n) is 4.62. The Kier molecular flexibility index (Phi) is 7.99. The molecule has 220 valence electrons. The van der Waals surface area contributed by atoms with Gasteiger partial charge in [0.2, 0.25) is 0 Å². The van der Waals surface area contributed by atoms with E-state index in [4.69, 9.17) is 4.74 Å². The molecule has 1 saturated carbocycles. The number of ether oxygens (including phenoxy) is 1. The summed E-state index contributed by atoms with van der Waals surface area (Å²) in [5.41, 5.74) is -6.06. The van der Waals surface area contributed by atoms with Crippen molar-refractivity contribution < 1.29 is 44.7 Å². The van der Waals surface area contributed by atoms with Crippen molar-refractivity contribution in [3.05, 3.63) is 101 Å². The van der Waals surface area contributed by atoms with Crippen molar-refractivity contribution in [1.29, 1.82) is 0 Å². The summed E-state index contributed by atoms with van der Waals surface area (Å²) in [5.74, 6) is -2.45. The summed E-state index contributed by atoms with van der Waals surface area (Å²) in [6, 6.07) is 11.5. The molecular formula is C29H26F8N2O2. The molecule has 0 heterocycles. The minimum Gasteiger partial charge on any atom is -0.488 e. The van der Waals surface area contributed by atoms with E-state index in [0.29, 0.717) is 11.6 Å². The number of hydrogen-bond acceptors (Lipinski definition) is 2. The molecule has 0 unspecified atom stereocenters. The van der Waals surface area contributed by atoms with Gasteiger partial charge in [-0.05, 0) is 73.7 Å². The molecule has 1 atom stereocenters. The van der Waals surface area contributed by atoms with Gasteiger partial charge >= 0.3 is 18.4 Å². The highest BCUT2D eigenvalue weighted by Gasteiger charge is 2.64. The van der Waals surface area contributed by atoms with E-state index in [-0.39, 0.29) is 23.8 Å². The van der Waals surface area contributed by atoms with Crippen LogP contribution in [0.5, 0.6) is 5.75 Å². The van der Waals surface area contributed by atoms with Crippen LogP contribution in [0.4, 0.5) is 39.9 Å². The Hall–Kier alpha value is -3.83. The minimum atomic E-state index is -5.00. The van der Waals surface area contributed by atoms with E-state index >= 15 is 0 Å². The molecule has 0 aromatic heterocycles. The van der Waals surface area contributed by atoms with Crippen molar-refractivity contribution in [2.75, 3.05) is 0 Å². The van der Waals surface area contributed by atoms with Crippen LogP contribution in [0.3, 0.4) is 0 Å². The first-order valence-corrected chi connectivity index (χ1v) is 12.6. The Balaban J connectivity index is 1.96. The normalized spacial score (nSPS) is 16.2. The van der Waals surface area contributed by atoms with Crippen molar-refractivity contribution >= 4 is 6.03 Å². The molecule has 0 bridgehead atoms. The summed E-state index contributed by atoms with van der Waals surface area (Å²) >= 11 is 0. The molecule has 3 aromatic rings. The highest BCUT2D eigenvalue weighted by molar-refractivity contribution is 5.78. The SMILES string of the molecule is CC(C)Oc1cc([C@@](Cc2ccccc2)(NC(=O)NC2(C(F)(F)F)CC2)c2cc(F)cc(C(F)(F)F)c2)ccc1F. The van der Waals surface area contributed by atoms with Crippen LogP contribution in [-0.2, 0) is 18.1 Å². The maximum absolute atomic E-state index is 14.8. The average Bonchev–Trinajstić information content (AvgIpc) is 3.65. The zero-order valence-corrected chi connectivity index (χ0v) is 21.9. The summed E-state index contributed by atoms with van der Waals surface area (Å²) in [6.45, 7) is 3.20. The largest absolute Gasteiger partial charge is 0.488 e. The van der Waals surface area contributed by atoms with E-state index in [9.17, 15) is 39.9 Å². The maximum Gasteiger partial charge on any atom is 0.416 e. The van der Waals surface area contributed by atoms with Gasteiger partial charge in [0.1, 0.15) is 11.4 Å². The van der Waals surface area contributed by atoms with Gasteiger partial charge in [-0.3, -0.25) is 0 Å². The first kappa shape index (κ1) is 30.1. The molecule has 3 aromatic carbocycles. The number of nitrogens with one attached hydrogen (secondary N) is 2. The van der Waals surface area contributed by atoms with Crippen LogP contribution in [-0.4, -0.2) is 23.9 Å². The van der Waals surface area contributed by atoms with Crippen LogP contribution >= 0.6 is 0 Å². The van der Waals surface area contributed by atoms with E-state index in [2.05, 4.69) is 5.32 Å². The van der Waals surface area contributed by atoms with Crippen molar-refractivity contribution in [3.63, 3.8) is 0 Å². The fourth-order valence-corrected chi connectivity index (χ4v) is 4.62. The number of carbonyl (C=O) groups is 1. The van der Waals surface area contributed by atoms with E-state index in [0.717, 1.165) is 24.3 Å². The number of amides is 2. The molecular weight excluding hydrogens is 560 g/mol. The van der Waals surface area contributed by atoms with Crippen LogP contribution < -0.4 is 15.4 Å². The molecule has 4 rings (SSSR count). The second kappa shape index (κ2) is 10.9. The lowest BCUT2D eigenvalue weighted by Crippen LogP contribution is -2.57. The molecule has 2 N–H and O–H groups in total. The minimum absolute atomic E-state index is 0.0517. The Morgan fingerprint density at radius 1 is 0.878 bits per heavy atom. The number of rotatable bonds is 8. The topological polar surface area (TPSA) is 50.4 Å². The third-order valence-electron chi connectivity index (χ3n) is 6.79. The maximum atomic E-state index is 14.8.